The number of hydrogen-bond donors (Lipinski definition) is 1. The van der Waals surface area contributed by atoms with Gasteiger partial charge in [-0.1, -0.05) is 13.8 Å². The van der Waals surface area contributed by atoms with Crippen molar-refractivity contribution in [3.8, 4) is 0 Å². The molecule has 0 radical (unpaired) electrons. The Balaban J connectivity index is 1.44. The Kier molecular flexibility index (Phi) is 7.69. The summed E-state index contributed by atoms with van der Waals surface area (Å²) in [5.41, 5.74) is 0.648. The molecule has 0 aromatic carbocycles. The van der Waals surface area contributed by atoms with Gasteiger partial charge in [-0.15, -0.1) is 11.3 Å². The summed E-state index contributed by atoms with van der Waals surface area (Å²) in [4.78, 5) is 33.3. The van der Waals surface area contributed by atoms with Crippen LogP contribution in [0.15, 0.2) is 29.3 Å². The first kappa shape index (κ1) is 27.5. The molecule has 4 rings (SSSR count). The molecule has 1 fully saturated rings. The number of carbonyl (C=O) groups excluding carboxylic acids is 2. The largest absolute Gasteiger partial charge is 0.444 e. The van der Waals surface area contributed by atoms with E-state index in [-0.39, 0.29) is 35.1 Å². The highest BCUT2D eigenvalue weighted by atomic mass is 32.2. The smallest absolute Gasteiger partial charge is 0.410 e. The third-order valence-electron chi connectivity index (χ3n) is 6.73. The van der Waals surface area contributed by atoms with Gasteiger partial charge in [0.05, 0.1) is 34.4 Å². The van der Waals surface area contributed by atoms with Gasteiger partial charge in [0.15, 0.2) is 9.84 Å². The number of pyridine rings is 1. The molecule has 2 aromatic rings. The first-order chi connectivity index (χ1) is 17.3. The highest BCUT2D eigenvalue weighted by molar-refractivity contribution is 7.91. The van der Waals surface area contributed by atoms with Gasteiger partial charge in [-0.25, -0.2) is 13.2 Å². The number of thiophene rings is 1. The molecule has 11 heteroatoms. The molecule has 2 aliphatic rings. The summed E-state index contributed by atoms with van der Waals surface area (Å²) < 4.78 is 35.9. The van der Waals surface area contributed by atoms with Crippen LogP contribution in [0.25, 0.3) is 0 Å². The van der Waals surface area contributed by atoms with Gasteiger partial charge >= 0.3 is 6.09 Å². The predicted molar refractivity (Wildman–Crippen MR) is 141 cm³/mol. The second kappa shape index (κ2) is 10.3. The van der Waals surface area contributed by atoms with Gasteiger partial charge in [-0.3, -0.25) is 9.78 Å². The van der Waals surface area contributed by atoms with Crippen LogP contribution < -0.4 is 5.32 Å². The van der Waals surface area contributed by atoms with Crippen molar-refractivity contribution >= 4 is 33.2 Å². The van der Waals surface area contributed by atoms with E-state index in [1.54, 1.807) is 17.9 Å². The molecule has 0 aliphatic carbocycles. The zero-order valence-corrected chi connectivity index (χ0v) is 23.6. The molecule has 2 aliphatic heterocycles. The summed E-state index contributed by atoms with van der Waals surface area (Å²) in [6.07, 6.45) is 2.30. The van der Waals surface area contributed by atoms with E-state index in [1.165, 1.54) is 23.6 Å². The van der Waals surface area contributed by atoms with Crippen molar-refractivity contribution in [3.05, 3.63) is 45.4 Å². The maximum Gasteiger partial charge on any atom is 0.410 e. The Morgan fingerprint density at radius 2 is 1.97 bits per heavy atom. The fourth-order valence-electron chi connectivity index (χ4n) is 4.55. The van der Waals surface area contributed by atoms with Crippen molar-refractivity contribution in [2.45, 2.75) is 76.0 Å². The van der Waals surface area contributed by atoms with Crippen LogP contribution in [0.1, 0.15) is 79.2 Å². The molecule has 1 saturated heterocycles. The number of amides is 2. The zero-order chi connectivity index (χ0) is 27.0. The van der Waals surface area contributed by atoms with E-state index in [2.05, 4.69) is 17.2 Å². The average molecular weight is 550 g/mol. The molecule has 0 saturated carbocycles. The first-order valence-corrected chi connectivity index (χ1v) is 15.0. The van der Waals surface area contributed by atoms with Crippen molar-refractivity contribution in [2.75, 3.05) is 25.4 Å². The van der Waals surface area contributed by atoms with E-state index in [9.17, 15) is 18.0 Å². The quantitative estimate of drug-likeness (QED) is 0.594. The summed E-state index contributed by atoms with van der Waals surface area (Å²) >= 11 is 1.44. The number of nitrogens with zero attached hydrogens (tertiary/aromatic N) is 2. The molecule has 2 aromatic heterocycles. The third-order valence-corrected chi connectivity index (χ3v) is 9.78. The summed E-state index contributed by atoms with van der Waals surface area (Å²) in [5, 5.41) is 2.90. The fourth-order valence-corrected chi connectivity index (χ4v) is 6.77. The summed E-state index contributed by atoms with van der Waals surface area (Å²) in [7, 11) is -3.32. The molecular weight excluding hydrogens is 514 g/mol. The Labute approximate surface area is 222 Å². The minimum absolute atomic E-state index is 0.0104. The van der Waals surface area contributed by atoms with E-state index in [1.807, 2.05) is 26.8 Å². The van der Waals surface area contributed by atoms with Gasteiger partial charge in [0, 0.05) is 30.1 Å². The lowest BCUT2D eigenvalue weighted by atomic mass is 9.82. The molecule has 0 unspecified atom stereocenters. The number of aromatic nitrogens is 1. The van der Waals surface area contributed by atoms with E-state index in [4.69, 9.17) is 9.47 Å². The van der Waals surface area contributed by atoms with Crippen LogP contribution in [-0.2, 0) is 31.5 Å². The number of fused-ring (bicyclic) bond motifs is 2. The minimum atomic E-state index is -3.32. The van der Waals surface area contributed by atoms with E-state index < -0.39 is 21.0 Å². The van der Waals surface area contributed by atoms with Gasteiger partial charge in [-0.05, 0) is 57.4 Å². The van der Waals surface area contributed by atoms with Crippen LogP contribution in [-0.4, -0.2) is 61.4 Å². The van der Waals surface area contributed by atoms with Gasteiger partial charge in [0.1, 0.15) is 11.2 Å². The van der Waals surface area contributed by atoms with E-state index in [0.29, 0.717) is 43.1 Å². The Morgan fingerprint density at radius 1 is 1.27 bits per heavy atom. The topological polar surface area (TPSA) is 115 Å². The number of carbonyl (C=O) groups is 2. The van der Waals surface area contributed by atoms with Crippen LogP contribution in [0, 0.1) is 0 Å². The minimum Gasteiger partial charge on any atom is -0.444 e. The molecule has 1 atom stereocenters. The predicted octanol–water partition coefficient (Wildman–Crippen LogP) is 4.23. The zero-order valence-electron chi connectivity index (χ0n) is 22.0. The van der Waals surface area contributed by atoms with E-state index >= 15 is 0 Å². The highest BCUT2D eigenvalue weighted by Gasteiger charge is 2.45. The molecule has 1 N–H and O–H groups in total. The normalized spacial score (nSPS) is 19.4. The van der Waals surface area contributed by atoms with Crippen LogP contribution in [0.3, 0.4) is 0 Å². The number of piperidine rings is 1. The molecule has 9 nitrogen and oxygen atoms in total. The van der Waals surface area contributed by atoms with Crippen LogP contribution >= 0.6 is 11.3 Å². The van der Waals surface area contributed by atoms with Crippen LogP contribution in [0.2, 0.25) is 0 Å². The molecule has 202 valence electrons. The Morgan fingerprint density at radius 3 is 2.57 bits per heavy atom. The SMILES string of the molecule is CCS(=O)(=O)c1ccc(CNC(=O)c2cc3c(s2)C2(CCN(C(=O)OC(C)(C)C)CC2)OC[C@H]3C)nc1. The molecule has 0 bridgehead atoms. The third kappa shape index (κ3) is 5.99. The molecular formula is C26H35N3O6S2. The number of sulfone groups is 1. The van der Waals surface area contributed by atoms with Crippen molar-refractivity contribution in [1.29, 1.82) is 0 Å². The molecule has 4 heterocycles. The number of likely N-dealkylation sites (tertiary alicyclic amines) is 1. The molecule has 37 heavy (non-hydrogen) atoms. The van der Waals surface area contributed by atoms with Crippen molar-refractivity contribution in [2.24, 2.45) is 0 Å². The first-order valence-electron chi connectivity index (χ1n) is 12.6. The van der Waals surface area contributed by atoms with E-state index in [0.717, 1.165) is 10.4 Å². The lowest BCUT2D eigenvalue weighted by molar-refractivity contribution is -0.101. The number of nitrogens with one attached hydrogen (secondary N) is 1. The number of ether oxygens (including phenoxy) is 2. The van der Waals surface area contributed by atoms with Gasteiger partial charge in [0.2, 0.25) is 0 Å². The molecule has 2 amide bonds. The Bertz CT molecular complexity index is 1260. The fraction of sp³-hybridized carbons (Fsp3) is 0.577. The summed E-state index contributed by atoms with van der Waals surface area (Å²) in [6, 6.07) is 5.09. The lowest BCUT2D eigenvalue weighted by Crippen LogP contribution is -2.49. The van der Waals surface area contributed by atoms with Gasteiger partial charge in [-0.2, -0.15) is 0 Å². The summed E-state index contributed by atoms with van der Waals surface area (Å²) in [5.74, 6) is -0.0340. The van der Waals surface area contributed by atoms with Crippen LogP contribution in [0.5, 0.6) is 0 Å². The van der Waals surface area contributed by atoms with Crippen molar-refractivity contribution in [1.82, 2.24) is 15.2 Å². The average Bonchev–Trinajstić information content (AvgIpc) is 3.32. The second-order valence-corrected chi connectivity index (χ2v) is 14.0. The maximum absolute atomic E-state index is 13.0. The monoisotopic (exact) mass is 549 g/mol. The van der Waals surface area contributed by atoms with Crippen molar-refractivity contribution in [3.63, 3.8) is 0 Å². The lowest BCUT2D eigenvalue weighted by Gasteiger charge is -2.45. The maximum atomic E-state index is 13.0. The van der Waals surface area contributed by atoms with Crippen molar-refractivity contribution < 1.29 is 27.5 Å². The standard InChI is InChI=1S/C26H35N3O6S2/c1-6-37(32,33)19-8-7-18(27-15-19)14-28-23(30)21-13-20-17(2)16-34-26(22(20)36-21)9-11-29(12-10-26)24(31)35-25(3,4)5/h7-8,13,15,17H,6,9-12,14,16H2,1-5H3,(H,28,30)/t17-/m1/s1. The number of rotatable bonds is 5. The van der Waals surface area contributed by atoms with Gasteiger partial charge in [0.25, 0.3) is 5.91 Å². The Hall–Kier alpha value is -2.50. The highest BCUT2D eigenvalue weighted by Crippen LogP contribution is 2.48. The molecule has 1 spiro atoms. The van der Waals surface area contributed by atoms with Crippen LogP contribution in [0.4, 0.5) is 4.79 Å². The summed E-state index contributed by atoms with van der Waals surface area (Å²) in [6.45, 7) is 11.0. The number of hydrogen-bond acceptors (Lipinski definition) is 8. The second-order valence-electron chi connectivity index (χ2n) is 10.6. The van der Waals surface area contributed by atoms with Gasteiger partial charge < -0.3 is 19.7 Å².